The van der Waals surface area contributed by atoms with Gasteiger partial charge in [0.25, 0.3) is 11.8 Å². The van der Waals surface area contributed by atoms with Crippen molar-refractivity contribution in [3.05, 3.63) is 35.4 Å². The Morgan fingerprint density at radius 3 is 2.13 bits per heavy atom. The standard InChI is InChI=1S/C16H18N2O5/c1-9(16(22)23)8-17-13(19)7-10(2)18-14(20)11-5-3-4-6-12(11)15(18)21/h3-6,9-10H,7-8H2,1-2H3,(H,17,19)(H,22,23). The fourth-order valence-corrected chi connectivity index (χ4v) is 2.39. The third-order valence-electron chi connectivity index (χ3n) is 3.77. The van der Waals surface area contributed by atoms with Crippen LogP contribution in [0.1, 0.15) is 41.0 Å². The number of imide groups is 1. The summed E-state index contributed by atoms with van der Waals surface area (Å²) < 4.78 is 0. The smallest absolute Gasteiger partial charge is 0.308 e. The highest BCUT2D eigenvalue weighted by atomic mass is 16.4. The van der Waals surface area contributed by atoms with Crippen LogP contribution in [-0.2, 0) is 9.59 Å². The van der Waals surface area contributed by atoms with Crippen LogP contribution in [0.4, 0.5) is 0 Å². The molecule has 0 bridgehead atoms. The number of nitrogens with one attached hydrogen (secondary N) is 1. The number of nitrogens with zero attached hydrogens (tertiary/aromatic N) is 1. The third kappa shape index (κ3) is 3.39. The highest BCUT2D eigenvalue weighted by molar-refractivity contribution is 6.21. The first kappa shape index (κ1) is 16.7. The topological polar surface area (TPSA) is 104 Å². The highest BCUT2D eigenvalue weighted by Gasteiger charge is 2.38. The number of hydrogen-bond acceptors (Lipinski definition) is 4. The van der Waals surface area contributed by atoms with Crippen LogP contribution in [0.3, 0.4) is 0 Å². The Morgan fingerprint density at radius 2 is 1.65 bits per heavy atom. The average molecular weight is 318 g/mol. The van der Waals surface area contributed by atoms with E-state index >= 15 is 0 Å². The molecule has 23 heavy (non-hydrogen) atoms. The average Bonchev–Trinajstić information content (AvgIpc) is 2.76. The first-order chi connectivity index (χ1) is 10.8. The number of carbonyl (C=O) groups excluding carboxylic acids is 3. The largest absolute Gasteiger partial charge is 0.481 e. The highest BCUT2D eigenvalue weighted by Crippen LogP contribution is 2.25. The number of aliphatic carboxylic acids is 1. The normalized spacial score (nSPS) is 16.0. The van der Waals surface area contributed by atoms with E-state index in [4.69, 9.17) is 5.11 Å². The van der Waals surface area contributed by atoms with Crippen LogP contribution in [0, 0.1) is 5.92 Å². The Kier molecular flexibility index (Phi) is 4.78. The zero-order valence-corrected chi connectivity index (χ0v) is 12.9. The lowest BCUT2D eigenvalue weighted by molar-refractivity contribution is -0.141. The molecular weight excluding hydrogens is 300 g/mol. The number of rotatable bonds is 6. The van der Waals surface area contributed by atoms with Gasteiger partial charge in [-0.3, -0.25) is 24.1 Å². The van der Waals surface area contributed by atoms with Gasteiger partial charge in [-0.25, -0.2) is 0 Å². The second kappa shape index (κ2) is 6.60. The van der Waals surface area contributed by atoms with Gasteiger partial charge in [-0.1, -0.05) is 19.1 Å². The zero-order valence-electron chi connectivity index (χ0n) is 12.9. The molecule has 0 spiro atoms. The second-order valence-corrected chi connectivity index (χ2v) is 5.62. The number of hydrogen-bond donors (Lipinski definition) is 2. The number of amides is 3. The molecule has 2 N–H and O–H groups in total. The predicted molar refractivity (Wildman–Crippen MR) is 80.8 cm³/mol. The summed E-state index contributed by atoms with van der Waals surface area (Å²) in [5.74, 6) is -2.93. The molecule has 2 rings (SSSR count). The number of benzene rings is 1. The van der Waals surface area contributed by atoms with Crippen LogP contribution in [-0.4, -0.2) is 46.3 Å². The van der Waals surface area contributed by atoms with Gasteiger partial charge in [-0.2, -0.15) is 0 Å². The van der Waals surface area contributed by atoms with Crippen molar-refractivity contribution in [1.29, 1.82) is 0 Å². The van der Waals surface area contributed by atoms with Gasteiger partial charge in [0, 0.05) is 19.0 Å². The number of carboxylic acids is 1. The van der Waals surface area contributed by atoms with Crippen molar-refractivity contribution < 1.29 is 24.3 Å². The molecule has 1 heterocycles. The maximum absolute atomic E-state index is 12.3. The Balaban J connectivity index is 1.98. The fourth-order valence-electron chi connectivity index (χ4n) is 2.39. The van der Waals surface area contributed by atoms with Crippen molar-refractivity contribution in [1.82, 2.24) is 10.2 Å². The van der Waals surface area contributed by atoms with Gasteiger partial charge in [0.1, 0.15) is 0 Å². The van der Waals surface area contributed by atoms with Crippen LogP contribution in [0.25, 0.3) is 0 Å². The van der Waals surface area contributed by atoms with Crippen LogP contribution in [0.2, 0.25) is 0 Å². The number of fused-ring (bicyclic) bond motifs is 1. The Labute approximate surface area is 133 Å². The molecule has 1 aromatic carbocycles. The minimum atomic E-state index is -1.00. The van der Waals surface area contributed by atoms with Crippen molar-refractivity contribution in [2.24, 2.45) is 5.92 Å². The summed E-state index contributed by atoms with van der Waals surface area (Å²) in [4.78, 5) is 48.2. The lowest BCUT2D eigenvalue weighted by atomic mass is 10.1. The second-order valence-electron chi connectivity index (χ2n) is 5.62. The van der Waals surface area contributed by atoms with Gasteiger partial charge < -0.3 is 10.4 Å². The van der Waals surface area contributed by atoms with E-state index in [1.165, 1.54) is 6.92 Å². The molecule has 2 atom stereocenters. The summed E-state index contributed by atoms with van der Waals surface area (Å²) in [5.41, 5.74) is 0.675. The molecule has 0 aliphatic carbocycles. The monoisotopic (exact) mass is 318 g/mol. The molecule has 122 valence electrons. The molecule has 2 unspecified atom stereocenters. The summed E-state index contributed by atoms with van der Waals surface area (Å²) in [6.45, 7) is 3.10. The summed E-state index contributed by atoms with van der Waals surface area (Å²) in [6.07, 6.45) is -0.0716. The SMILES string of the molecule is CC(CNC(=O)CC(C)N1C(=O)c2ccccc2C1=O)C(=O)O. The molecule has 0 saturated carbocycles. The Bertz CT molecular complexity index is 635. The van der Waals surface area contributed by atoms with E-state index in [1.54, 1.807) is 31.2 Å². The number of carbonyl (C=O) groups is 4. The number of carboxylic acid groups (broad SMARTS) is 1. The summed E-state index contributed by atoms with van der Waals surface area (Å²) in [5, 5.41) is 11.3. The summed E-state index contributed by atoms with van der Waals surface area (Å²) in [6, 6.07) is 5.91. The van der Waals surface area contributed by atoms with Gasteiger partial charge in [0.2, 0.25) is 5.91 Å². The van der Waals surface area contributed by atoms with E-state index in [-0.39, 0.29) is 13.0 Å². The van der Waals surface area contributed by atoms with Gasteiger partial charge in [0.05, 0.1) is 17.0 Å². The van der Waals surface area contributed by atoms with E-state index in [0.717, 1.165) is 4.90 Å². The molecule has 1 aromatic rings. The van der Waals surface area contributed by atoms with Gasteiger partial charge in [-0.05, 0) is 19.1 Å². The third-order valence-corrected chi connectivity index (χ3v) is 3.77. The molecule has 7 heteroatoms. The van der Waals surface area contributed by atoms with E-state index in [0.29, 0.717) is 11.1 Å². The first-order valence-corrected chi connectivity index (χ1v) is 7.29. The molecule has 0 fully saturated rings. The minimum absolute atomic E-state index is 0.00298. The molecule has 0 saturated heterocycles. The van der Waals surface area contributed by atoms with Crippen LogP contribution in [0.5, 0.6) is 0 Å². The molecule has 7 nitrogen and oxygen atoms in total. The van der Waals surface area contributed by atoms with Crippen LogP contribution in [0.15, 0.2) is 24.3 Å². The molecule has 3 amide bonds. The van der Waals surface area contributed by atoms with Crippen LogP contribution < -0.4 is 5.32 Å². The van der Waals surface area contributed by atoms with Gasteiger partial charge in [0.15, 0.2) is 0 Å². The van der Waals surface area contributed by atoms with Gasteiger partial charge >= 0.3 is 5.97 Å². The fraction of sp³-hybridized carbons (Fsp3) is 0.375. The molecular formula is C16H18N2O5. The van der Waals surface area contributed by atoms with Crippen molar-refractivity contribution in [3.63, 3.8) is 0 Å². The first-order valence-electron chi connectivity index (χ1n) is 7.29. The van der Waals surface area contributed by atoms with E-state index in [9.17, 15) is 19.2 Å². The minimum Gasteiger partial charge on any atom is -0.481 e. The van der Waals surface area contributed by atoms with Crippen molar-refractivity contribution >= 4 is 23.7 Å². The maximum atomic E-state index is 12.3. The van der Waals surface area contributed by atoms with E-state index < -0.39 is 35.7 Å². The Hall–Kier alpha value is -2.70. The van der Waals surface area contributed by atoms with Crippen LogP contribution >= 0.6 is 0 Å². The maximum Gasteiger partial charge on any atom is 0.308 e. The molecule has 0 radical (unpaired) electrons. The van der Waals surface area contributed by atoms with Crippen molar-refractivity contribution in [2.45, 2.75) is 26.3 Å². The zero-order chi connectivity index (χ0) is 17.1. The molecule has 0 aromatic heterocycles. The van der Waals surface area contributed by atoms with Crippen molar-refractivity contribution in [2.75, 3.05) is 6.54 Å². The predicted octanol–water partition coefficient (Wildman–Crippen LogP) is 0.898. The van der Waals surface area contributed by atoms with Crippen molar-refractivity contribution in [3.8, 4) is 0 Å². The van der Waals surface area contributed by atoms with E-state index in [1.807, 2.05) is 0 Å². The lowest BCUT2D eigenvalue weighted by Crippen LogP contribution is -2.42. The molecule has 1 aliphatic heterocycles. The Morgan fingerprint density at radius 1 is 1.13 bits per heavy atom. The lowest BCUT2D eigenvalue weighted by Gasteiger charge is -2.22. The quantitative estimate of drug-likeness (QED) is 0.758. The van der Waals surface area contributed by atoms with Gasteiger partial charge in [-0.15, -0.1) is 0 Å². The summed E-state index contributed by atoms with van der Waals surface area (Å²) >= 11 is 0. The molecule has 1 aliphatic rings. The summed E-state index contributed by atoms with van der Waals surface area (Å²) in [7, 11) is 0. The van der Waals surface area contributed by atoms with E-state index in [2.05, 4.69) is 5.32 Å².